The molecule has 2 aromatic carbocycles. The van der Waals surface area contributed by atoms with Gasteiger partial charge in [-0.15, -0.1) is 0 Å². The molecular formula is C16H10ClNO5. The Morgan fingerprint density at radius 1 is 1.00 bits per heavy atom. The van der Waals surface area contributed by atoms with Gasteiger partial charge in [-0.3, -0.25) is 14.4 Å². The van der Waals surface area contributed by atoms with E-state index in [0.717, 1.165) is 4.90 Å². The first-order valence-electron chi connectivity index (χ1n) is 6.61. The number of carboxylic acids is 1. The third-order valence-corrected chi connectivity index (χ3v) is 3.83. The summed E-state index contributed by atoms with van der Waals surface area (Å²) in [4.78, 5) is 36.5. The zero-order valence-corrected chi connectivity index (χ0v) is 12.4. The minimum Gasteiger partial charge on any atom is -0.507 e. The second kappa shape index (κ2) is 5.40. The van der Waals surface area contributed by atoms with E-state index in [1.165, 1.54) is 36.4 Å². The second-order valence-corrected chi connectivity index (χ2v) is 5.41. The maximum atomic E-state index is 12.5. The van der Waals surface area contributed by atoms with Crippen LogP contribution < -0.4 is 4.90 Å². The van der Waals surface area contributed by atoms with E-state index < -0.39 is 17.8 Å². The second-order valence-electron chi connectivity index (χ2n) is 5.00. The molecule has 0 unspecified atom stereocenters. The molecule has 23 heavy (non-hydrogen) atoms. The number of benzene rings is 2. The predicted molar refractivity (Wildman–Crippen MR) is 82.0 cm³/mol. The SMILES string of the molecule is O=C(O)Cc1ccc(N2C(=O)c3c(O)ccc(Cl)c3C2=O)cc1. The molecule has 7 heteroatoms. The first-order valence-corrected chi connectivity index (χ1v) is 6.99. The van der Waals surface area contributed by atoms with Crippen molar-refractivity contribution in [3.8, 4) is 5.75 Å². The smallest absolute Gasteiger partial charge is 0.307 e. The monoisotopic (exact) mass is 331 g/mol. The number of phenols is 1. The molecule has 6 nitrogen and oxygen atoms in total. The third kappa shape index (κ3) is 2.43. The summed E-state index contributed by atoms with van der Waals surface area (Å²) in [6, 6.07) is 8.60. The van der Waals surface area contributed by atoms with Crippen LogP contribution in [0.1, 0.15) is 26.3 Å². The first kappa shape index (κ1) is 15.1. The molecule has 0 saturated carbocycles. The first-order chi connectivity index (χ1) is 10.9. The Balaban J connectivity index is 2.01. The number of nitrogens with zero attached hydrogens (tertiary/aromatic N) is 1. The van der Waals surface area contributed by atoms with Gasteiger partial charge < -0.3 is 10.2 Å². The number of rotatable bonds is 3. The Bertz CT molecular complexity index is 803. The molecule has 1 aliphatic rings. The van der Waals surface area contributed by atoms with Gasteiger partial charge in [0.1, 0.15) is 5.75 Å². The van der Waals surface area contributed by atoms with Crippen LogP contribution in [0.2, 0.25) is 5.02 Å². The molecule has 0 aliphatic carbocycles. The van der Waals surface area contributed by atoms with Crippen molar-refractivity contribution in [2.24, 2.45) is 0 Å². The fourth-order valence-electron chi connectivity index (χ4n) is 2.48. The molecular weight excluding hydrogens is 322 g/mol. The molecule has 0 fully saturated rings. The molecule has 116 valence electrons. The average Bonchev–Trinajstić information content (AvgIpc) is 2.76. The molecule has 2 amide bonds. The van der Waals surface area contributed by atoms with Gasteiger partial charge in [-0.1, -0.05) is 23.7 Å². The molecule has 3 rings (SSSR count). The number of imide groups is 1. The van der Waals surface area contributed by atoms with Crippen LogP contribution in [0.3, 0.4) is 0 Å². The highest BCUT2D eigenvalue weighted by Gasteiger charge is 2.40. The van der Waals surface area contributed by atoms with Crippen LogP contribution in [0.25, 0.3) is 0 Å². The Labute approximate surface area is 135 Å². The van der Waals surface area contributed by atoms with E-state index in [4.69, 9.17) is 16.7 Å². The third-order valence-electron chi connectivity index (χ3n) is 3.52. The molecule has 0 atom stereocenters. The van der Waals surface area contributed by atoms with Crippen LogP contribution in [-0.4, -0.2) is 28.0 Å². The molecule has 0 radical (unpaired) electrons. The van der Waals surface area contributed by atoms with Gasteiger partial charge in [0, 0.05) is 0 Å². The van der Waals surface area contributed by atoms with Gasteiger partial charge in [0.05, 0.1) is 28.3 Å². The zero-order valence-electron chi connectivity index (χ0n) is 11.6. The summed E-state index contributed by atoms with van der Waals surface area (Å²) in [5.41, 5.74) is 0.655. The quantitative estimate of drug-likeness (QED) is 0.842. The minimum absolute atomic E-state index is 0.0359. The van der Waals surface area contributed by atoms with Crippen LogP contribution in [0.5, 0.6) is 5.75 Å². The maximum Gasteiger partial charge on any atom is 0.307 e. The number of carbonyl (C=O) groups is 3. The van der Waals surface area contributed by atoms with Gasteiger partial charge in [0.25, 0.3) is 11.8 Å². The number of carboxylic acid groups (broad SMARTS) is 1. The van der Waals surface area contributed by atoms with Crippen molar-refractivity contribution in [1.82, 2.24) is 0 Å². The highest BCUT2D eigenvalue weighted by molar-refractivity contribution is 6.42. The highest BCUT2D eigenvalue weighted by atomic mass is 35.5. The van der Waals surface area contributed by atoms with Crippen LogP contribution in [-0.2, 0) is 11.2 Å². The van der Waals surface area contributed by atoms with E-state index in [2.05, 4.69) is 0 Å². The molecule has 0 saturated heterocycles. The van der Waals surface area contributed by atoms with Crippen molar-refractivity contribution in [2.45, 2.75) is 6.42 Å². The summed E-state index contributed by atoms with van der Waals surface area (Å²) in [6.45, 7) is 0. The van der Waals surface area contributed by atoms with Gasteiger partial charge in [-0.2, -0.15) is 0 Å². The van der Waals surface area contributed by atoms with E-state index in [1.807, 2.05) is 0 Å². The van der Waals surface area contributed by atoms with E-state index in [-0.39, 0.29) is 34.0 Å². The fraction of sp³-hybridized carbons (Fsp3) is 0.0625. The van der Waals surface area contributed by atoms with Crippen molar-refractivity contribution in [2.75, 3.05) is 4.90 Å². The fourth-order valence-corrected chi connectivity index (χ4v) is 2.72. The Morgan fingerprint density at radius 2 is 1.61 bits per heavy atom. The molecule has 1 heterocycles. The number of phenolic OH excluding ortho intramolecular Hbond substituents is 1. The van der Waals surface area contributed by atoms with E-state index in [0.29, 0.717) is 5.56 Å². The van der Waals surface area contributed by atoms with Crippen LogP contribution in [0.15, 0.2) is 36.4 Å². The molecule has 0 spiro atoms. The normalized spacial score (nSPS) is 13.3. The maximum absolute atomic E-state index is 12.5. The number of hydrogen-bond donors (Lipinski definition) is 2. The summed E-state index contributed by atoms with van der Waals surface area (Å²) < 4.78 is 0. The van der Waals surface area contributed by atoms with Crippen molar-refractivity contribution >= 4 is 35.1 Å². The largest absolute Gasteiger partial charge is 0.507 e. The Morgan fingerprint density at radius 3 is 2.17 bits per heavy atom. The van der Waals surface area contributed by atoms with Crippen LogP contribution >= 0.6 is 11.6 Å². The average molecular weight is 332 g/mol. The molecule has 2 aromatic rings. The minimum atomic E-state index is -0.977. The van der Waals surface area contributed by atoms with Gasteiger partial charge in [0.15, 0.2) is 0 Å². The molecule has 0 aromatic heterocycles. The van der Waals surface area contributed by atoms with Gasteiger partial charge in [-0.25, -0.2) is 4.90 Å². The lowest BCUT2D eigenvalue weighted by Gasteiger charge is -2.14. The number of amides is 2. The predicted octanol–water partition coefficient (Wildman–Crippen LogP) is 2.47. The van der Waals surface area contributed by atoms with Gasteiger partial charge in [0.2, 0.25) is 0 Å². The number of fused-ring (bicyclic) bond motifs is 1. The number of anilines is 1. The molecule has 2 N–H and O–H groups in total. The number of hydrogen-bond acceptors (Lipinski definition) is 4. The lowest BCUT2D eigenvalue weighted by Crippen LogP contribution is -2.29. The number of halogens is 1. The highest BCUT2D eigenvalue weighted by Crippen LogP contribution is 2.37. The van der Waals surface area contributed by atoms with Crippen LogP contribution in [0.4, 0.5) is 5.69 Å². The lowest BCUT2D eigenvalue weighted by molar-refractivity contribution is -0.136. The topological polar surface area (TPSA) is 94.9 Å². The van der Waals surface area contributed by atoms with Crippen LogP contribution in [0, 0.1) is 0 Å². The summed E-state index contributed by atoms with van der Waals surface area (Å²) in [6.07, 6.45) is -0.158. The van der Waals surface area contributed by atoms with Crippen molar-refractivity contribution in [3.05, 3.63) is 58.1 Å². The summed E-state index contributed by atoms with van der Waals surface area (Å²) >= 11 is 5.96. The van der Waals surface area contributed by atoms with E-state index >= 15 is 0 Å². The standard InChI is InChI=1S/C16H10ClNO5/c17-10-5-6-11(19)14-13(10)15(22)18(16(14)23)9-3-1-8(2-4-9)7-12(20)21/h1-6,19H,7H2,(H,20,21). The van der Waals surface area contributed by atoms with Gasteiger partial charge in [-0.05, 0) is 29.8 Å². The zero-order chi connectivity index (χ0) is 16.7. The number of aliphatic carboxylic acids is 1. The van der Waals surface area contributed by atoms with E-state index in [1.54, 1.807) is 0 Å². The number of aromatic hydroxyl groups is 1. The molecule has 0 bridgehead atoms. The van der Waals surface area contributed by atoms with Crippen molar-refractivity contribution < 1.29 is 24.6 Å². The summed E-state index contributed by atoms with van der Waals surface area (Å²) in [5.74, 6) is -2.59. The Hall–Kier alpha value is -2.86. The van der Waals surface area contributed by atoms with Crippen molar-refractivity contribution in [1.29, 1.82) is 0 Å². The lowest BCUT2D eigenvalue weighted by atomic mass is 10.1. The molecule has 1 aliphatic heterocycles. The van der Waals surface area contributed by atoms with E-state index in [9.17, 15) is 19.5 Å². The van der Waals surface area contributed by atoms with Crippen molar-refractivity contribution in [3.63, 3.8) is 0 Å². The summed E-state index contributed by atoms with van der Waals surface area (Å²) in [5, 5.41) is 18.7. The Kier molecular flexibility index (Phi) is 3.54. The summed E-state index contributed by atoms with van der Waals surface area (Å²) in [7, 11) is 0. The number of carbonyl (C=O) groups excluding carboxylic acids is 2. The van der Waals surface area contributed by atoms with Gasteiger partial charge >= 0.3 is 5.97 Å².